The van der Waals surface area contributed by atoms with Crippen molar-refractivity contribution in [2.24, 2.45) is 4.99 Å². The molecule has 0 aliphatic rings. The number of aromatic nitrogens is 2. The Bertz CT molecular complexity index is 1110. The van der Waals surface area contributed by atoms with Crippen LogP contribution in [-0.4, -0.2) is 47.7 Å². The summed E-state index contributed by atoms with van der Waals surface area (Å²) in [6, 6.07) is 20.3. The van der Waals surface area contributed by atoms with Crippen LogP contribution >= 0.6 is 11.6 Å². The van der Waals surface area contributed by atoms with Gasteiger partial charge in [0, 0.05) is 23.3 Å². The highest BCUT2D eigenvalue weighted by Crippen LogP contribution is 2.29. The van der Waals surface area contributed by atoms with E-state index in [1.54, 1.807) is 0 Å². The molecule has 2 aromatic heterocycles. The lowest BCUT2D eigenvalue weighted by Gasteiger charge is -2.10. The third-order valence-electron chi connectivity index (χ3n) is 4.51. The third-order valence-corrected chi connectivity index (χ3v) is 4.75. The van der Waals surface area contributed by atoms with Crippen LogP contribution in [0.1, 0.15) is 5.69 Å². The van der Waals surface area contributed by atoms with E-state index in [-0.39, 0.29) is 0 Å². The molecule has 2 aromatic carbocycles. The molecule has 2 heterocycles. The average molecular weight is 377 g/mol. The Balaban J connectivity index is 1.92. The normalized spacial score (nSPS) is 12.0. The SMILES string of the molecule is CN(C)CCN=Cc1ccc2c(-c3ccccc3)nc3cc(Cl)ccc3n12. The maximum atomic E-state index is 6.23. The summed E-state index contributed by atoms with van der Waals surface area (Å²) in [6.07, 6.45) is 1.94. The molecule has 0 N–H and O–H groups in total. The summed E-state index contributed by atoms with van der Waals surface area (Å²) >= 11 is 6.23. The molecule has 0 aliphatic carbocycles. The highest BCUT2D eigenvalue weighted by molar-refractivity contribution is 6.31. The molecule has 0 saturated heterocycles. The van der Waals surface area contributed by atoms with Gasteiger partial charge in [0.15, 0.2) is 0 Å². The molecule has 0 bridgehead atoms. The Morgan fingerprint density at radius 1 is 1.04 bits per heavy atom. The Kier molecular flexibility index (Phi) is 4.92. The number of fused-ring (bicyclic) bond motifs is 3. The lowest BCUT2D eigenvalue weighted by atomic mass is 10.1. The van der Waals surface area contributed by atoms with Gasteiger partial charge in [0.1, 0.15) is 0 Å². The number of hydrogen-bond acceptors (Lipinski definition) is 3. The number of nitrogens with zero attached hydrogens (tertiary/aromatic N) is 4. The quantitative estimate of drug-likeness (QED) is 0.469. The molecule has 0 radical (unpaired) electrons. The first kappa shape index (κ1) is 17.7. The second kappa shape index (κ2) is 7.51. The van der Waals surface area contributed by atoms with Crippen molar-refractivity contribution < 1.29 is 0 Å². The fourth-order valence-corrected chi connectivity index (χ4v) is 3.35. The van der Waals surface area contributed by atoms with Gasteiger partial charge in [0.25, 0.3) is 0 Å². The maximum absolute atomic E-state index is 6.23. The minimum Gasteiger partial charge on any atom is -0.308 e. The summed E-state index contributed by atoms with van der Waals surface area (Å²) in [7, 11) is 4.11. The Morgan fingerprint density at radius 2 is 1.81 bits per heavy atom. The first-order valence-electron chi connectivity index (χ1n) is 8.94. The minimum atomic E-state index is 0.682. The van der Waals surface area contributed by atoms with Crippen molar-refractivity contribution in [1.29, 1.82) is 0 Å². The standard InChI is InChI=1S/C22H21ClN4/c1-26(2)13-12-24-15-18-9-11-21-22(16-6-4-3-5-7-16)25-19-14-17(23)8-10-20(19)27(18)21/h3-11,14-15H,12-13H2,1-2H3. The van der Waals surface area contributed by atoms with Gasteiger partial charge in [-0.3, -0.25) is 4.99 Å². The zero-order valence-electron chi connectivity index (χ0n) is 15.4. The molecular formula is C22H21ClN4. The van der Waals surface area contributed by atoms with Crippen LogP contribution in [0.4, 0.5) is 0 Å². The summed E-state index contributed by atoms with van der Waals surface area (Å²) in [5, 5.41) is 0.682. The van der Waals surface area contributed by atoms with E-state index in [0.717, 1.165) is 46.6 Å². The van der Waals surface area contributed by atoms with Crippen molar-refractivity contribution in [1.82, 2.24) is 14.3 Å². The van der Waals surface area contributed by atoms with E-state index < -0.39 is 0 Å². The van der Waals surface area contributed by atoms with Crippen LogP contribution in [0.25, 0.3) is 27.8 Å². The predicted molar refractivity (Wildman–Crippen MR) is 114 cm³/mol. The molecule has 27 heavy (non-hydrogen) atoms. The van der Waals surface area contributed by atoms with E-state index in [1.165, 1.54) is 0 Å². The first-order valence-corrected chi connectivity index (χ1v) is 9.32. The first-order chi connectivity index (χ1) is 13.1. The zero-order valence-corrected chi connectivity index (χ0v) is 16.2. The van der Waals surface area contributed by atoms with E-state index in [0.29, 0.717) is 5.02 Å². The number of aliphatic imine (C=N–C) groups is 1. The number of likely N-dealkylation sites (N-methyl/N-ethyl adjacent to an activating group) is 1. The number of rotatable bonds is 5. The maximum Gasteiger partial charge on any atom is 0.0950 e. The molecule has 136 valence electrons. The third kappa shape index (κ3) is 3.59. The largest absolute Gasteiger partial charge is 0.308 e. The van der Waals surface area contributed by atoms with Gasteiger partial charge in [-0.15, -0.1) is 0 Å². The summed E-state index contributed by atoms with van der Waals surface area (Å²) in [5.41, 5.74) is 6.01. The van der Waals surface area contributed by atoms with E-state index in [2.05, 4.69) is 52.7 Å². The second-order valence-corrected chi connectivity index (χ2v) is 7.21. The van der Waals surface area contributed by atoms with Gasteiger partial charge in [-0.25, -0.2) is 4.98 Å². The van der Waals surface area contributed by atoms with Crippen molar-refractivity contribution in [3.8, 4) is 11.3 Å². The highest BCUT2D eigenvalue weighted by atomic mass is 35.5. The number of halogens is 1. The molecule has 0 unspecified atom stereocenters. The van der Waals surface area contributed by atoms with Crippen molar-refractivity contribution in [3.63, 3.8) is 0 Å². The Labute approximate surface area is 163 Å². The highest BCUT2D eigenvalue weighted by Gasteiger charge is 2.13. The topological polar surface area (TPSA) is 32.9 Å². The number of hydrogen-bond donors (Lipinski definition) is 0. The smallest absolute Gasteiger partial charge is 0.0950 e. The van der Waals surface area contributed by atoms with Gasteiger partial charge in [-0.2, -0.15) is 0 Å². The van der Waals surface area contributed by atoms with Crippen LogP contribution < -0.4 is 0 Å². The molecule has 0 amide bonds. The van der Waals surface area contributed by atoms with Crippen LogP contribution in [0.15, 0.2) is 65.7 Å². The molecule has 0 saturated carbocycles. The molecule has 0 atom stereocenters. The van der Waals surface area contributed by atoms with E-state index >= 15 is 0 Å². The average Bonchev–Trinajstić information content (AvgIpc) is 3.09. The minimum absolute atomic E-state index is 0.682. The van der Waals surface area contributed by atoms with E-state index in [4.69, 9.17) is 16.6 Å². The van der Waals surface area contributed by atoms with Crippen LogP contribution in [0.2, 0.25) is 5.02 Å². The van der Waals surface area contributed by atoms with Gasteiger partial charge in [-0.05, 0) is 44.4 Å². The van der Waals surface area contributed by atoms with Gasteiger partial charge in [0.05, 0.1) is 34.5 Å². The summed E-state index contributed by atoms with van der Waals surface area (Å²) in [4.78, 5) is 11.6. The van der Waals surface area contributed by atoms with Crippen LogP contribution in [0, 0.1) is 0 Å². The molecule has 4 nitrogen and oxygen atoms in total. The van der Waals surface area contributed by atoms with Gasteiger partial charge < -0.3 is 9.30 Å². The summed E-state index contributed by atoms with van der Waals surface area (Å²) in [5.74, 6) is 0. The monoisotopic (exact) mass is 376 g/mol. The molecule has 5 heteroatoms. The van der Waals surface area contributed by atoms with E-state index in [1.807, 2.05) is 42.6 Å². The van der Waals surface area contributed by atoms with Gasteiger partial charge in [-0.1, -0.05) is 41.9 Å². The van der Waals surface area contributed by atoms with Gasteiger partial charge in [0.2, 0.25) is 0 Å². The summed E-state index contributed by atoms with van der Waals surface area (Å²) < 4.78 is 2.21. The fraction of sp³-hybridized carbons (Fsp3) is 0.182. The molecular weight excluding hydrogens is 356 g/mol. The Morgan fingerprint density at radius 3 is 2.59 bits per heavy atom. The van der Waals surface area contributed by atoms with Crippen molar-refractivity contribution in [2.45, 2.75) is 0 Å². The van der Waals surface area contributed by atoms with E-state index in [9.17, 15) is 0 Å². The lowest BCUT2D eigenvalue weighted by molar-refractivity contribution is 0.421. The fourth-order valence-electron chi connectivity index (χ4n) is 3.18. The van der Waals surface area contributed by atoms with Crippen molar-refractivity contribution in [2.75, 3.05) is 27.2 Å². The zero-order chi connectivity index (χ0) is 18.8. The molecule has 0 aliphatic heterocycles. The molecule has 0 fully saturated rings. The van der Waals surface area contributed by atoms with Crippen LogP contribution in [-0.2, 0) is 0 Å². The molecule has 4 aromatic rings. The lowest BCUT2D eigenvalue weighted by Crippen LogP contribution is -2.15. The van der Waals surface area contributed by atoms with Crippen molar-refractivity contribution >= 4 is 34.4 Å². The van der Waals surface area contributed by atoms with Crippen LogP contribution in [0.3, 0.4) is 0 Å². The molecule has 0 spiro atoms. The van der Waals surface area contributed by atoms with Crippen LogP contribution in [0.5, 0.6) is 0 Å². The summed E-state index contributed by atoms with van der Waals surface area (Å²) in [6.45, 7) is 1.69. The van der Waals surface area contributed by atoms with Gasteiger partial charge >= 0.3 is 0 Å². The van der Waals surface area contributed by atoms with Crippen molar-refractivity contribution in [3.05, 3.63) is 71.4 Å². The Hall–Kier alpha value is -2.69. The predicted octanol–water partition coefficient (Wildman–Crippen LogP) is 4.79. The second-order valence-electron chi connectivity index (χ2n) is 6.78. The molecule has 4 rings (SSSR count). The number of benzene rings is 2.